The lowest BCUT2D eigenvalue weighted by molar-refractivity contribution is -0.127. The molecular weight excluding hydrogens is 384 g/mol. The highest BCUT2D eigenvalue weighted by atomic mass is 32.2. The number of carbonyl (C=O) groups is 2. The summed E-state index contributed by atoms with van der Waals surface area (Å²) in [5, 5.41) is 0. The van der Waals surface area contributed by atoms with Crippen LogP contribution >= 0.6 is 0 Å². The van der Waals surface area contributed by atoms with E-state index < -0.39 is 28.0 Å². The van der Waals surface area contributed by atoms with Crippen LogP contribution in [-0.2, 0) is 24.3 Å². The molecule has 1 atom stereocenters. The molecule has 8 nitrogen and oxygen atoms in total. The normalized spacial score (nSPS) is 16.3. The number of morpholine rings is 1. The molecule has 0 bridgehead atoms. The van der Waals surface area contributed by atoms with Gasteiger partial charge in [-0.15, -0.1) is 0 Å². The first-order valence-corrected chi connectivity index (χ1v) is 10.1. The van der Waals surface area contributed by atoms with E-state index in [4.69, 9.17) is 15.2 Å². The molecule has 1 aliphatic heterocycles. The number of benzene rings is 2. The highest BCUT2D eigenvalue weighted by Crippen LogP contribution is 2.22. The number of primary amides is 1. The molecule has 0 radical (unpaired) electrons. The Morgan fingerprint density at radius 3 is 2.36 bits per heavy atom. The molecule has 3 rings (SSSR count). The van der Waals surface area contributed by atoms with Gasteiger partial charge in [-0.3, -0.25) is 4.79 Å². The van der Waals surface area contributed by atoms with Gasteiger partial charge in [-0.1, -0.05) is 36.4 Å². The first-order valence-electron chi connectivity index (χ1n) is 8.63. The summed E-state index contributed by atoms with van der Waals surface area (Å²) in [5.74, 6) is -1.66. The van der Waals surface area contributed by atoms with Crippen LogP contribution < -0.4 is 5.73 Å². The molecule has 0 spiro atoms. The number of nitrogens with zero attached hydrogens (tertiary/aromatic N) is 1. The fourth-order valence-corrected chi connectivity index (χ4v) is 4.27. The van der Waals surface area contributed by atoms with Crippen LogP contribution in [0.3, 0.4) is 0 Å². The molecule has 0 aromatic heterocycles. The standard InChI is InChI=1S/C19H20N2O6S/c20-18(22)17(14-5-2-1-3-6-14)27-19(23)15-7-4-8-16(13-15)28(24,25)21-9-11-26-12-10-21/h1-8,13,17H,9-12H2,(H2,20,22). The van der Waals surface area contributed by atoms with E-state index >= 15 is 0 Å². The van der Waals surface area contributed by atoms with E-state index in [9.17, 15) is 18.0 Å². The molecule has 1 unspecified atom stereocenters. The molecular formula is C19H20N2O6S. The predicted molar refractivity (Wildman–Crippen MR) is 99.8 cm³/mol. The van der Waals surface area contributed by atoms with Gasteiger partial charge >= 0.3 is 5.97 Å². The molecule has 1 amide bonds. The molecule has 2 aromatic rings. The van der Waals surface area contributed by atoms with Crippen LogP contribution in [0.2, 0.25) is 0 Å². The molecule has 2 aromatic carbocycles. The number of hydrogen-bond acceptors (Lipinski definition) is 6. The maximum Gasteiger partial charge on any atom is 0.339 e. The van der Waals surface area contributed by atoms with Crippen molar-refractivity contribution >= 4 is 21.9 Å². The van der Waals surface area contributed by atoms with Crippen molar-refractivity contribution < 1.29 is 27.5 Å². The van der Waals surface area contributed by atoms with Crippen LogP contribution in [0.15, 0.2) is 59.5 Å². The topological polar surface area (TPSA) is 116 Å². The molecule has 1 aliphatic rings. The molecule has 148 valence electrons. The Morgan fingerprint density at radius 2 is 1.71 bits per heavy atom. The summed E-state index contributed by atoms with van der Waals surface area (Å²) >= 11 is 0. The highest BCUT2D eigenvalue weighted by Gasteiger charge is 2.28. The lowest BCUT2D eigenvalue weighted by Gasteiger charge is -2.26. The van der Waals surface area contributed by atoms with E-state index in [2.05, 4.69) is 0 Å². The van der Waals surface area contributed by atoms with Crippen molar-refractivity contribution in [3.63, 3.8) is 0 Å². The molecule has 2 N–H and O–H groups in total. The largest absolute Gasteiger partial charge is 0.444 e. The molecule has 28 heavy (non-hydrogen) atoms. The summed E-state index contributed by atoms with van der Waals surface area (Å²) in [6, 6.07) is 13.9. The van der Waals surface area contributed by atoms with Crippen LogP contribution in [0.4, 0.5) is 0 Å². The summed E-state index contributed by atoms with van der Waals surface area (Å²) in [5.41, 5.74) is 5.80. The number of esters is 1. The fourth-order valence-electron chi connectivity index (χ4n) is 2.81. The third kappa shape index (κ3) is 4.38. The van der Waals surface area contributed by atoms with Gasteiger partial charge in [0.25, 0.3) is 5.91 Å². The molecule has 0 aliphatic carbocycles. The minimum atomic E-state index is -3.76. The average molecular weight is 404 g/mol. The minimum absolute atomic E-state index is 0.0107. The van der Waals surface area contributed by atoms with Gasteiger partial charge in [-0.05, 0) is 18.2 Å². The van der Waals surface area contributed by atoms with Crippen molar-refractivity contribution in [1.29, 1.82) is 0 Å². The smallest absolute Gasteiger partial charge is 0.339 e. The Balaban J connectivity index is 1.83. The average Bonchev–Trinajstić information content (AvgIpc) is 2.73. The Bertz CT molecular complexity index is 955. The quantitative estimate of drug-likeness (QED) is 0.721. The molecule has 9 heteroatoms. The first-order chi connectivity index (χ1) is 13.4. The number of amides is 1. The van der Waals surface area contributed by atoms with Crippen molar-refractivity contribution in [2.24, 2.45) is 5.73 Å². The van der Waals surface area contributed by atoms with Crippen molar-refractivity contribution in [1.82, 2.24) is 4.31 Å². The summed E-state index contributed by atoms with van der Waals surface area (Å²) in [6.07, 6.45) is -1.27. The third-order valence-corrected chi connectivity index (χ3v) is 6.16. The van der Waals surface area contributed by atoms with E-state index in [0.717, 1.165) is 0 Å². The van der Waals surface area contributed by atoms with E-state index in [-0.39, 0.29) is 23.5 Å². The monoisotopic (exact) mass is 404 g/mol. The first kappa shape index (κ1) is 20.0. The van der Waals surface area contributed by atoms with E-state index in [1.807, 2.05) is 0 Å². The molecule has 1 saturated heterocycles. The summed E-state index contributed by atoms with van der Waals surface area (Å²) in [6.45, 7) is 1.13. The molecule has 1 fully saturated rings. The Hall–Kier alpha value is -2.75. The van der Waals surface area contributed by atoms with E-state index in [1.54, 1.807) is 30.3 Å². The third-order valence-electron chi connectivity index (χ3n) is 4.26. The van der Waals surface area contributed by atoms with Gasteiger partial charge in [0.15, 0.2) is 0 Å². The van der Waals surface area contributed by atoms with Crippen molar-refractivity contribution in [3.8, 4) is 0 Å². The zero-order valence-electron chi connectivity index (χ0n) is 15.0. The number of nitrogens with two attached hydrogens (primary N) is 1. The Kier molecular flexibility index (Phi) is 6.08. The van der Waals surface area contributed by atoms with Gasteiger partial charge in [0.2, 0.25) is 16.1 Å². The van der Waals surface area contributed by atoms with Gasteiger partial charge in [0.1, 0.15) is 0 Å². The zero-order chi connectivity index (χ0) is 20.1. The number of sulfonamides is 1. The van der Waals surface area contributed by atoms with Gasteiger partial charge in [0, 0.05) is 18.7 Å². The second kappa shape index (κ2) is 8.51. The summed E-state index contributed by atoms with van der Waals surface area (Å²) in [4.78, 5) is 24.2. The Morgan fingerprint density at radius 1 is 1.04 bits per heavy atom. The second-order valence-electron chi connectivity index (χ2n) is 6.14. The van der Waals surface area contributed by atoms with Crippen LogP contribution in [0, 0.1) is 0 Å². The second-order valence-corrected chi connectivity index (χ2v) is 8.08. The predicted octanol–water partition coefficient (Wildman–Crippen LogP) is 1.09. The number of ether oxygens (including phenoxy) is 2. The van der Waals surface area contributed by atoms with Gasteiger partial charge in [0.05, 0.1) is 23.7 Å². The lowest BCUT2D eigenvalue weighted by Crippen LogP contribution is -2.40. The summed E-state index contributed by atoms with van der Waals surface area (Å²) < 4.78 is 37.3. The van der Waals surface area contributed by atoms with Crippen LogP contribution in [0.5, 0.6) is 0 Å². The Labute approximate surface area is 162 Å². The molecule has 1 heterocycles. The number of hydrogen-bond donors (Lipinski definition) is 1. The van der Waals surface area contributed by atoms with Crippen molar-refractivity contribution in [3.05, 3.63) is 65.7 Å². The van der Waals surface area contributed by atoms with Gasteiger partial charge in [-0.25, -0.2) is 13.2 Å². The minimum Gasteiger partial charge on any atom is -0.444 e. The SMILES string of the molecule is NC(=O)C(OC(=O)c1cccc(S(=O)(=O)N2CCOCC2)c1)c1ccccc1. The maximum atomic E-state index is 12.8. The number of rotatable bonds is 6. The van der Waals surface area contributed by atoms with Crippen LogP contribution in [-0.4, -0.2) is 50.9 Å². The van der Waals surface area contributed by atoms with Crippen LogP contribution in [0.25, 0.3) is 0 Å². The van der Waals surface area contributed by atoms with E-state index in [1.165, 1.54) is 28.6 Å². The maximum absolute atomic E-state index is 12.8. The number of carbonyl (C=O) groups excluding carboxylic acids is 2. The van der Waals surface area contributed by atoms with Crippen molar-refractivity contribution in [2.45, 2.75) is 11.0 Å². The molecule has 0 saturated carbocycles. The summed E-state index contributed by atoms with van der Waals surface area (Å²) in [7, 11) is -3.76. The van der Waals surface area contributed by atoms with Crippen molar-refractivity contribution in [2.75, 3.05) is 26.3 Å². The van der Waals surface area contributed by atoms with Gasteiger partial charge < -0.3 is 15.2 Å². The highest BCUT2D eigenvalue weighted by molar-refractivity contribution is 7.89. The van der Waals surface area contributed by atoms with Gasteiger partial charge in [-0.2, -0.15) is 4.31 Å². The fraction of sp³-hybridized carbons (Fsp3) is 0.263. The lowest BCUT2D eigenvalue weighted by atomic mass is 10.1. The van der Waals surface area contributed by atoms with Crippen LogP contribution in [0.1, 0.15) is 22.0 Å². The van der Waals surface area contributed by atoms with E-state index in [0.29, 0.717) is 18.8 Å². The zero-order valence-corrected chi connectivity index (χ0v) is 15.8.